The minimum absolute atomic E-state index is 0.0553. The monoisotopic (exact) mass is 399 g/mol. The molecule has 1 saturated carbocycles. The van der Waals surface area contributed by atoms with Gasteiger partial charge in [-0.3, -0.25) is 14.4 Å². The molecule has 0 heterocycles. The zero-order valence-corrected chi connectivity index (χ0v) is 16.3. The molecule has 3 N–H and O–H groups in total. The molecule has 2 aromatic carbocycles. The summed E-state index contributed by atoms with van der Waals surface area (Å²) in [6, 6.07) is 13.6. The smallest absolute Gasteiger partial charge is 0.251 e. The van der Waals surface area contributed by atoms with Crippen LogP contribution >= 0.6 is 11.6 Å². The van der Waals surface area contributed by atoms with Gasteiger partial charge in [0.2, 0.25) is 11.8 Å². The first-order valence-electron chi connectivity index (χ1n) is 9.14. The third-order valence-electron chi connectivity index (χ3n) is 4.36. The van der Waals surface area contributed by atoms with E-state index < -0.39 is 6.04 Å². The molecule has 3 rings (SSSR count). The molecular formula is C21H22ClN3O3. The zero-order chi connectivity index (χ0) is 20.1. The van der Waals surface area contributed by atoms with Crippen LogP contribution in [0.25, 0.3) is 0 Å². The number of hydrogen-bond donors (Lipinski definition) is 3. The molecule has 1 aliphatic rings. The van der Waals surface area contributed by atoms with Gasteiger partial charge in [-0.2, -0.15) is 0 Å². The predicted molar refractivity (Wildman–Crippen MR) is 108 cm³/mol. The first kappa shape index (κ1) is 19.9. The molecule has 0 spiro atoms. The van der Waals surface area contributed by atoms with Crippen LogP contribution in [0.2, 0.25) is 5.02 Å². The van der Waals surface area contributed by atoms with Crippen molar-refractivity contribution in [1.82, 2.24) is 10.6 Å². The van der Waals surface area contributed by atoms with Crippen LogP contribution in [0.15, 0.2) is 48.5 Å². The van der Waals surface area contributed by atoms with Crippen LogP contribution in [0.3, 0.4) is 0 Å². The van der Waals surface area contributed by atoms with E-state index in [1.54, 1.807) is 48.5 Å². The van der Waals surface area contributed by atoms with E-state index in [9.17, 15) is 14.4 Å². The third kappa shape index (κ3) is 5.82. The summed E-state index contributed by atoms with van der Waals surface area (Å²) in [5, 5.41) is 9.08. The maximum atomic E-state index is 12.5. The van der Waals surface area contributed by atoms with E-state index in [1.165, 1.54) is 6.92 Å². The second-order valence-corrected chi connectivity index (χ2v) is 7.32. The lowest BCUT2D eigenvalue weighted by Gasteiger charge is -2.18. The highest BCUT2D eigenvalue weighted by atomic mass is 35.5. The normalized spacial score (nSPS) is 14.1. The van der Waals surface area contributed by atoms with Crippen LogP contribution < -0.4 is 16.0 Å². The Kier molecular flexibility index (Phi) is 6.31. The topological polar surface area (TPSA) is 87.3 Å². The molecule has 7 heteroatoms. The molecular weight excluding hydrogens is 378 g/mol. The maximum Gasteiger partial charge on any atom is 0.251 e. The van der Waals surface area contributed by atoms with Gasteiger partial charge in [-0.15, -0.1) is 0 Å². The summed E-state index contributed by atoms with van der Waals surface area (Å²) in [4.78, 5) is 36.2. The van der Waals surface area contributed by atoms with Gasteiger partial charge in [0.25, 0.3) is 5.91 Å². The molecule has 1 unspecified atom stereocenters. The molecule has 3 amide bonds. The Morgan fingerprint density at radius 3 is 2.46 bits per heavy atom. The van der Waals surface area contributed by atoms with Crippen molar-refractivity contribution >= 4 is 35.0 Å². The van der Waals surface area contributed by atoms with Crippen molar-refractivity contribution in [3.63, 3.8) is 0 Å². The summed E-state index contributed by atoms with van der Waals surface area (Å²) in [5.74, 6) is -0.643. The lowest BCUT2D eigenvalue weighted by atomic mass is 10.0. The van der Waals surface area contributed by atoms with Gasteiger partial charge in [-0.1, -0.05) is 29.8 Å². The van der Waals surface area contributed by atoms with Gasteiger partial charge < -0.3 is 16.0 Å². The van der Waals surface area contributed by atoms with Crippen molar-refractivity contribution in [2.45, 2.75) is 38.3 Å². The minimum atomic E-state index is -0.476. The molecule has 1 fully saturated rings. The zero-order valence-electron chi connectivity index (χ0n) is 15.5. The standard InChI is InChI=1S/C21H22ClN3O3/c1-13(26)23-19(14-5-7-16(22)8-6-14)12-20(27)24-18-4-2-3-15(11-18)21(28)25-17-9-10-17/h2-8,11,17,19H,9-10,12H2,1H3,(H,23,26)(H,24,27)(H,25,28). The maximum absolute atomic E-state index is 12.5. The minimum Gasteiger partial charge on any atom is -0.349 e. The van der Waals surface area contributed by atoms with Crippen molar-refractivity contribution in [2.75, 3.05) is 5.32 Å². The molecule has 0 aliphatic heterocycles. The summed E-state index contributed by atoms with van der Waals surface area (Å²) in [6.07, 6.45) is 2.08. The van der Waals surface area contributed by atoms with E-state index in [4.69, 9.17) is 11.6 Å². The lowest BCUT2D eigenvalue weighted by molar-refractivity contribution is -0.120. The fraction of sp³-hybridized carbons (Fsp3) is 0.286. The van der Waals surface area contributed by atoms with E-state index >= 15 is 0 Å². The molecule has 0 saturated heterocycles. The average Bonchev–Trinajstić information content (AvgIpc) is 3.45. The van der Waals surface area contributed by atoms with E-state index in [1.807, 2.05) is 0 Å². The second-order valence-electron chi connectivity index (χ2n) is 6.89. The summed E-state index contributed by atoms with van der Waals surface area (Å²) in [6.45, 7) is 1.41. The molecule has 146 valence electrons. The van der Waals surface area contributed by atoms with E-state index in [2.05, 4.69) is 16.0 Å². The van der Waals surface area contributed by atoms with Crippen molar-refractivity contribution in [2.24, 2.45) is 0 Å². The van der Waals surface area contributed by atoms with Gasteiger partial charge in [0.05, 0.1) is 12.5 Å². The Bertz CT molecular complexity index is 879. The van der Waals surface area contributed by atoms with Crippen LogP contribution in [-0.2, 0) is 9.59 Å². The highest BCUT2D eigenvalue weighted by Gasteiger charge is 2.24. The Morgan fingerprint density at radius 1 is 1.11 bits per heavy atom. The number of carbonyl (C=O) groups is 3. The van der Waals surface area contributed by atoms with Gasteiger partial charge in [0.1, 0.15) is 0 Å². The number of halogens is 1. The number of hydrogen-bond acceptors (Lipinski definition) is 3. The number of amides is 3. The van der Waals surface area contributed by atoms with Crippen molar-refractivity contribution in [3.8, 4) is 0 Å². The summed E-state index contributed by atoms with van der Waals surface area (Å²) in [7, 11) is 0. The number of nitrogens with one attached hydrogen (secondary N) is 3. The number of benzene rings is 2. The van der Waals surface area contributed by atoms with Gasteiger partial charge in [0, 0.05) is 29.2 Å². The van der Waals surface area contributed by atoms with Crippen molar-refractivity contribution < 1.29 is 14.4 Å². The molecule has 2 aromatic rings. The molecule has 0 bridgehead atoms. The number of carbonyl (C=O) groups excluding carboxylic acids is 3. The van der Waals surface area contributed by atoms with Crippen molar-refractivity contribution in [1.29, 1.82) is 0 Å². The first-order chi connectivity index (χ1) is 13.4. The molecule has 0 radical (unpaired) electrons. The molecule has 1 atom stereocenters. The number of anilines is 1. The van der Waals surface area contributed by atoms with Crippen LogP contribution in [0, 0.1) is 0 Å². The largest absolute Gasteiger partial charge is 0.349 e. The van der Waals surface area contributed by atoms with Gasteiger partial charge in [-0.05, 0) is 48.7 Å². The molecule has 0 aromatic heterocycles. The Morgan fingerprint density at radius 2 is 1.82 bits per heavy atom. The van der Waals surface area contributed by atoms with E-state index in [0.717, 1.165) is 18.4 Å². The van der Waals surface area contributed by atoms with Crippen LogP contribution in [-0.4, -0.2) is 23.8 Å². The SMILES string of the molecule is CC(=O)NC(CC(=O)Nc1cccc(C(=O)NC2CC2)c1)c1ccc(Cl)cc1. The van der Waals surface area contributed by atoms with E-state index in [-0.39, 0.29) is 30.2 Å². The van der Waals surface area contributed by atoms with Crippen LogP contribution in [0.4, 0.5) is 5.69 Å². The fourth-order valence-corrected chi connectivity index (χ4v) is 2.95. The van der Waals surface area contributed by atoms with Crippen LogP contribution in [0.1, 0.15) is 48.1 Å². The molecule has 28 heavy (non-hydrogen) atoms. The molecule has 1 aliphatic carbocycles. The molecule has 6 nitrogen and oxygen atoms in total. The van der Waals surface area contributed by atoms with Gasteiger partial charge in [-0.25, -0.2) is 0 Å². The van der Waals surface area contributed by atoms with Crippen molar-refractivity contribution in [3.05, 3.63) is 64.7 Å². The highest BCUT2D eigenvalue weighted by Crippen LogP contribution is 2.22. The quantitative estimate of drug-likeness (QED) is 0.666. The summed E-state index contributed by atoms with van der Waals surface area (Å²) in [5.41, 5.74) is 1.82. The Balaban J connectivity index is 1.66. The predicted octanol–water partition coefficient (Wildman–Crippen LogP) is 3.44. The van der Waals surface area contributed by atoms with Gasteiger partial charge >= 0.3 is 0 Å². The van der Waals surface area contributed by atoms with E-state index in [0.29, 0.717) is 16.3 Å². The van der Waals surface area contributed by atoms with Gasteiger partial charge in [0.15, 0.2) is 0 Å². The average molecular weight is 400 g/mol. The Hall–Kier alpha value is -2.86. The highest BCUT2D eigenvalue weighted by molar-refractivity contribution is 6.30. The summed E-state index contributed by atoms with van der Waals surface area (Å²) < 4.78 is 0. The third-order valence-corrected chi connectivity index (χ3v) is 4.61. The summed E-state index contributed by atoms with van der Waals surface area (Å²) >= 11 is 5.91. The fourth-order valence-electron chi connectivity index (χ4n) is 2.82. The Labute approximate surface area is 168 Å². The lowest BCUT2D eigenvalue weighted by Crippen LogP contribution is -2.30. The second kappa shape index (κ2) is 8.89. The number of rotatable bonds is 7. The first-order valence-corrected chi connectivity index (χ1v) is 9.52. The van der Waals surface area contributed by atoms with Crippen LogP contribution in [0.5, 0.6) is 0 Å².